The van der Waals surface area contributed by atoms with Gasteiger partial charge in [-0.2, -0.15) is 10.1 Å². The monoisotopic (exact) mass is 770 g/mol. The van der Waals surface area contributed by atoms with Gasteiger partial charge in [0.15, 0.2) is 0 Å². The lowest BCUT2D eigenvalue weighted by Gasteiger charge is -2.41. The average Bonchev–Trinajstić information content (AvgIpc) is 3.85. The van der Waals surface area contributed by atoms with Crippen molar-refractivity contribution in [2.24, 2.45) is 7.05 Å². The topological polar surface area (TPSA) is 125 Å². The van der Waals surface area contributed by atoms with Gasteiger partial charge in [0.1, 0.15) is 18.7 Å². The minimum Gasteiger partial charge on any atom is -0.488 e. The number of aryl methyl sites for hydroxylation is 1. The number of anilines is 5. The third-order valence-electron chi connectivity index (χ3n) is 9.93. The molecule has 3 fully saturated rings. The Hall–Kier alpha value is -4.03. The van der Waals surface area contributed by atoms with Gasteiger partial charge in [-0.15, -0.1) is 0 Å². The van der Waals surface area contributed by atoms with E-state index in [0.717, 1.165) is 109 Å². The van der Waals surface area contributed by atoms with E-state index >= 15 is 0 Å². The predicted molar refractivity (Wildman–Crippen MR) is 209 cm³/mol. The third kappa shape index (κ3) is 7.48. The number of halogens is 1. The number of ether oxygens (including phenoxy) is 1. The van der Waals surface area contributed by atoms with Crippen LogP contribution in [-0.4, -0.2) is 94.4 Å². The third-order valence-corrected chi connectivity index (χ3v) is 12.1. The Labute approximate surface area is 306 Å². The van der Waals surface area contributed by atoms with Crippen LogP contribution in [0, 0.1) is 0 Å². The summed E-state index contributed by atoms with van der Waals surface area (Å²) >= 11 is 3.63. The van der Waals surface area contributed by atoms with Gasteiger partial charge >= 0.3 is 0 Å². The van der Waals surface area contributed by atoms with Crippen molar-refractivity contribution in [3.05, 3.63) is 65.7 Å². The first kappa shape index (κ1) is 34.1. The zero-order valence-electron chi connectivity index (χ0n) is 29.3. The summed E-state index contributed by atoms with van der Waals surface area (Å²) in [6.07, 6.45) is 12.0. The summed E-state index contributed by atoms with van der Waals surface area (Å²) in [6, 6.07) is 12.7. The number of hydrogen-bond acceptors (Lipinski definition) is 11. The summed E-state index contributed by atoms with van der Waals surface area (Å²) in [6.45, 7) is 9.92. The number of hydrogen-bond donors (Lipinski definition) is 3. The molecular formula is C37H44BrN10O2P. The highest BCUT2D eigenvalue weighted by molar-refractivity contribution is 9.10. The van der Waals surface area contributed by atoms with Gasteiger partial charge in [-0.1, -0.05) is 18.2 Å². The molecule has 3 aliphatic rings. The van der Waals surface area contributed by atoms with Crippen molar-refractivity contribution in [1.29, 1.82) is 0 Å². The second kappa shape index (κ2) is 14.2. The predicted octanol–water partition coefficient (Wildman–Crippen LogP) is 6.34. The molecule has 0 unspecified atom stereocenters. The van der Waals surface area contributed by atoms with E-state index in [4.69, 9.17) is 9.72 Å². The van der Waals surface area contributed by atoms with E-state index in [1.807, 2.05) is 42.2 Å². The van der Waals surface area contributed by atoms with Gasteiger partial charge in [-0.25, -0.2) is 4.98 Å². The Morgan fingerprint density at radius 3 is 2.45 bits per heavy atom. The van der Waals surface area contributed by atoms with Crippen molar-refractivity contribution in [3.8, 4) is 16.9 Å². The SMILES string of the molecule is Cn1cc(-c2cc(Nc3ncc(Br)c(Nc4cnc5ccccc5c4P(C)(C)=O)n3)c(OC3CC3)cc2N2CCC(N3CCNCC3)CC2)cn1. The molecular weight excluding hydrogens is 727 g/mol. The zero-order valence-corrected chi connectivity index (χ0v) is 31.8. The number of piperidine rings is 1. The van der Waals surface area contributed by atoms with E-state index in [-0.39, 0.29) is 6.10 Å². The lowest BCUT2D eigenvalue weighted by molar-refractivity contribution is 0.150. The fraction of sp³-hybridized carbons (Fsp3) is 0.405. The van der Waals surface area contributed by atoms with Gasteiger partial charge in [0.25, 0.3) is 0 Å². The Morgan fingerprint density at radius 2 is 1.73 bits per heavy atom. The number of fused-ring (bicyclic) bond motifs is 1. The second-order valence-electron chi connectivity index (χ2n) is 14.1. The molecule has 14 heteroatoms. The lowest BCUT2D eigenvalue weighted by Crippen LogP contribution is -2.52. The molecule has 5 heterocycles. The highest BCUT2D eigenvalue weighted by atomic mass is 79.9. The molecule has 3 aromatic heterocycles. The van der Waals surface area contributed by atoms with Crippen molar-refractivity contribution in [1.82, 2.24) is 34.9 Å². The molecule has 0 radical (unpaired) electrons. The minimum absolute atomic E-state index is 0.196. The molecule has 266 valence electrons. The van der Waals surface area contributed by atoms with Gasteiger partial charge in [0, 0.05) is 98.3 Å². The van der Waals surface area contributed by atoms with Crippen LogP contribution < -0.4 is 30.9 Å². The van der Waals surface area contributed by atoms with E-state index in [2.05, 4.69) is 75.1 Å². The Morgan fingerprint density at radius 1 is 0.941 bits per heavy atom. The molecule has 3 N–H and O–H groups in total. The highest BCUT2D eigenvalue weighted by Crippen LogP contribution is 2.44. The van der Waals surface area contributed by atoms with Crippen LogP contribution in [0.1, 0.15) is 25.7 Å². The summed E-state index contributed by atoms with van der Waals surface area (Å²) < 4.78 is 22.7. The summed E-state index contributed by atoms with van der Waals surface area (Å²) in [4.78, 5) is 19.3. The van der Waals surface area contributed by atoms with E-state index < -0.39 is 7.14 Å². The molecule has 12 nitrogen and oxygen atoms in total. The number of pyridine rings is 1. The number of nitrogens with zero attached hydrogens (tertiary/aromatic N) is 7. The molecule has 0 amide bonds. The molecule has 2 aliphatic heterocycles. The maximum atomic E-state index is 13.6. The summed E-state index contributed by atoms with van der Waals surface area (Å²) in [5.74, 6) is 1.71. The molecule has 0 atom stereocenters. The quantitative estimate of drug-likeness (QED) is 0.138. The molecule has 1 saturated carbocycles. The van der Waals surface area contributed by atoms with Crippen LogP contribution in [0.25, 0.3) is 22.0 Å². The largest absolute Gasteiger partial charge is 0.488 e. The second-order valence-corrected chi connectivity index (χ2v) is 18.1. The molecule has 2 saturated heterocycles. The Bertz CT molecular complexity index is 2100. The van der Waals surface area contributed by atoms with Crippen molar-refractivity contribution in [2.75, 3.05) is 68.1 Å². The van der Waals surface area contributed by atoms with Crippen molar-refractivity contribution in [3.63, 3.8) is 0 Å². The van der Waals surface area contributed by atoms with Crippen molar-refractivity contribution in [2.45, 2.75) is 37.8 Å². The molecule has 5 aromatic rings. The van der Waals surface area contributed by atoms with Gasteiger partial charge < -0.3 is 30.2 Å². The summed E-state index contributed by atoms with van der Waals surface area (Å²) in [5, 5.41) is 16.5. The first-order valence-electron chi connectivity index (χ1n) is 17.7. The van der Waals surface area contributed by atoms with E-state index in [0.29, 0.717) is 28.0 Å². The minimum atomic E-state index is -2.70. The van der Waals surface area contributed by atoms with Crippen LogP contribution >= 0.6 is 23.1 Å². The maximum Gasteiger partial charge on any atom is 0.229 e. The van der Waals surface area contributed by atoms with Gasteiger partial charge in [-0.05, 0) is 67.1 Å². The van der Waals surface area contributed by atoms with Gasteiger partial charge in [-0.3, -0.25) is 14.6 Å². The smallest absolute Gasteiger partial charge is 0.229 e. The van der Waals surface area contributed by atoms with E-state index in [1.165, 1.54) is 0 Å². The van der Waals surface area contributed by atoms with Gasteiger partial charge in [0.05, 0.1) is 39.9 Å². The standard InChI is InChI=1S/C37H44BrN10O2P/c1-46-23-24(20-42-46)28-18-31(34(50-26-8-9-26)19-33(28)48-14-10-25(11-15-48)47-16-12-39-13-17-47)44-37-41-21-29(38)36(45-37)43-32-22-40-30-7-5-4-6-27(30)35(32)51(2,3)49/h4-7,18-23,25-26,39H,8-17H2,1-3H3,(H2,41,43,44,45). The number of benzene rings is 2. The summed E-state index contributed by atoms with van der Waals surface area (Å²) in [5.41, 5.74) is 5.50. The fourth-order valence-corrected chi connectivity index (χ4v) is 9.02. The van der Waals surface area contributed by atoms with Crippen LogP contribution in [0.4, 0.5) is 28.8 Å². The first-order valence-corrected chi connectivity index (χ1v) is 21.1. The maximum absolute atomic E-state index is 13.6. The van der Waals surface area contributed by atoms with Crippen LogP contribution in [0.5, 0.6) is 5.75 Å². The van der Waals surface area contributed by atoms with E-state index in [9.17, 15) is 4.57 Å². The molecule has 51 heavy (non-hydrogen) atoms. The van der Waals surface area contributed by atoms with Crippen molar-refractivity contribution < 1.29 is 9.30 Å². The lowest BCUT2D eigenvalue weighted by atomic mass is 9.98. The molecule has 0 bridgehead atoms. The summed E-state index contributed by atoms with van der Waals surface area (Å²) in [7, 11) is -0.757. The number of piperazine rings is 1. The normalized spacial score (nSPS) is 17.5. The molecule has 1 aliphatic carbocycles. The number of para-hydroxylation sites is 1. The van der Waals surface area contributed by atoms with Crippen molar-refractivity contribution >= 4 is 68.1 Å². The number of nitrogens with one attached hydrogen (secondary N) is 3. The average molecular weight is 772 g/mol. The van der Waals surface area contributed by atoms with Crippen LogP contribution in [0.2, 0.25) is 0 Å². The van der Waals surface area contributed by atoms with Gasteiger partial charge in [0.2, 0.25) is 5.95 Å². The van der Waals surface area contributed by atoms with Crippen LogP contribution in [-0.2, 0) is 11.6 Å². The molecule has 8 rings (SSSR count). The molecule has 2 aromatic carbocycles. The molecule has 0 spiro atoms. The Balaban J connectivity index is 1.12. The Kier molecular flexibility index (Phi) is 9.47. The first-order chi connectivity index (χ1) is 24.7. The van der Waals surface area contributed by atoms with E-state index in [1.54, 1.807) is 25.7 Å². The highest BCUT2D eigenvalue weighted by Gasteiger charge is 2.30. The number of rotatable bonds is 10. The number of aromatic nitrogens is 5. The fourth-order valence-electron chi connectivity index (χ4n) is 7.26. The van der Waals surface area contributed by atoms with Crippen LogP contribution in [0.3, 0.4) is 0 Å². The zero-order chi connectivity index (χ0) is 35.1. The van der Waals surface area contributed by atoms with Crippen LogP contribution in [0.15, 0.2) is 65.7 Å².